The third-order valence-electron chi connectivity index (χ3n) is 11.2. The van der Waals surface area contributed by atoms with Crippen LogP contribution < -0.4 is 4.74 Å². The molecule has 6 aliphatic rings. The summed E-state index contributed by atoms with van der Waals surface area (Å²) in [6.45, 7) is 0. The van der Waals surface area contributed by atoms with Gasteiger partial charge in [-0.15, -0.1) is 0 Å². The van der Waals surface area contributed by atoms with Crippen molar-refractivity contribution in [2.24, 2.45) is 47.3 Å². The molecule has 1 spiro atoms. The van der Waals surface area contributed by atoms with Crippen LogP contribution in [-0.2, 0) is 5.41 Å². The molecule has 9 rings (SSSR count). The molecule has 0 aromatic heterocycles. The normalized spacial score (nSPS) is 41.1. The van der Waals surface area contributed by atoms with Gasteiger partial charge < -0.3 is 4.74 Å². The van der Waals surface area contributed by atoms with Crippen LogP contribution in [0, 0.1) is 47.3 Å². The molecule has 34 heavy (non-hydrogen) atoms. The van der Waals surface area contributed by atoms with Crippen molar-refractivity contribution in [2.45, 2.75) is 31.1 Å². The quantitative estimate of drug-likeness (QED) is 0.290. The van der Waals surface area contributed by atoms with Gasteiger partial charge in [-0.3, -0.25) is 0 Å². The maximum Gasteiger partial charge on any atom is 0.127 e. The molecule has 0 heterocycles. The summed E-state index contributed by atoms with van der Waals surface area (Å²) in [5, 5.41) is 0. The first-order valence-electron chi connectivity index (χ1n) is 13.5. The highest BCUT2D eigenvalue weighted by molar-refractivity contribution is 5.82. The predicted octanol–water partition coefficient (Wildman–Crippen LogP) is 7.86. The Bertz CT molecular complexity index is 1320. The molecule has 8 atom stereocenters. The molecule has 4 bridgehead atoms. The number of hydrogen-bond acceptors (Lipinski definition) is 1. The summed E-state index contributed by atoms with van der Waals surface area (Å²) in [6, 6.07) is 26.5. The number of allylic oxidation sites excluding steroid dienone is 2. The second-order valence-electron chi connectivity index (χ2n) is 12.2. The first-order chi connectivity index (χ1) is 16.8. The van der Waals surface area contributed by atoms with Crippen molar-refractivity contribution in [2.75, 3.05) is 0 Å². The monoisotopic (exact) mass is 442 g/mol. The molecular formula is C33H30O. The first kappa shape index (κ1) is 18.5. The van der Waals surface area contributed by atoms with E-state index in [9.17, 15) is 0 Å². The Morgan fingerprint density at radius 3 is 2.03 bits per heavy atom. The molecule has 0 amide bonds. The Kier molecular flexibility index (Phi) is 3.40. The van der Waals surface area contributed by atoms with Gasteiger partial charge in [-0.05, 0) is 120 Å². The molecular weight excluding hydrogens is 412 g/mol. The Balaban J connectivity index is 1.15. The van der Waals surface area contributed by atoms with Crippen LogP contribution in [0.5, 0.6) is 11.5 Å². The van der Waals surface area contributed by atoms with Gasteiger partial charge in [-0.2, -0.15) is 0 Å². The SMILES string of the molecule is C1=CC2CC1C1C3CC(C4CC5(CC43)c3ccccc3-c3ccc(Oc4ccccc4)cc35)C21. The molecule has 0 radical (unpaired) electrons. The summed E-state index contributed by atoms with van der Waals surface area (Å²) in [5.41, 5.74) is 6.24. The van der Waals surface area contributed by atoms with E-state index in [1.54, 1.807) is 11.1 Å². The number of benzene rings is 3. The number of rotatable bonds is 2. The summed E-state index contributed by atoms with van der Waals surface area (Å²) in [7, 11) is 0. The average molecular weight is 443 g/mol. The highest BCUT2D eigenvalue weighted by Crippen LogP contribution is 2.75. The maximum atomic E-state index is 6.34. The van der Waals surface area contributed by atoms with Crippen molar-refractivity contribution in [3.63, 3.8) is 0 Å². The minimum absolute atomic E-state index is 0.180. The summed E-state index contributed by atoms with van der Waals surface area (Å²) >= 11 is 0. The van der Waals surface area contributed by atoms with Gasteiger partial charge in [0.1, 0.15) is 11.5 Å². The van der Waals surface area contributed by atoms with E-state index < -0.39 is 0 Å². The van der Waals surface area contributed by atoms with Crippen molar-refractivity contribution in [3.05, 3.63) is 96.1 Å². The highest BCUT2D eigenvalue weighted by atomic mass is 16.5. The lowest BCUT2D eigenvalue weighted by Gasteiger charge is -2.39. The van der Waals surface area contributed by atoms with E-state index in [2.05, 4.69) is 66.7 Å². The molecule has 0 N–H and O–H groups in total. The lowest BCUT2D eigenvalue weighted by molar-refractivity contribution is 0.108. The van der Waals surface area contributed by atoms with Gasteiger partial charge in [0.2, 0.25) is 0 Å². The Morgan fingerprint density at radius 1 is 0.588 bits per heavy atom. The summed E-state index contributed by atoms with van der Waals surface area (Å²) in [5.74, 6) is 9.47. The van der Waals surface area contributed by atoms with E-state index in [1.165, 1.54) is 36.8 Å². The van der Waals surface area contributed by atoms with E-state index in [4.69, 9.17) is 4.74 Å². The Morgan fingerprint density at radius 2 is 1.26 bits per heavy atom. The number of hydrogen-bond donors (Lipinski definition) is 0. The molecule has 8 unspecified atom stereocenters. The van der Waals surface area contributed by atoms with Gasteiger partial charge in [-0.25, -0.2) is 0 Å². The fourth-order valence-electron chi connectivity index (χ4n) is 10.3. The fraction of sp³-hybridized carbons (Fsp3) is 0.394. The van der Waals surface area contributed by atoms with Gasteiger partial charge in [0, 0.05) is 5.41 Å². The largest absolute Gasteiger partial charge is 0.457 e. The minimum atomic E-state index is 0.180. The van der Waals surface area contributed by atoms with Crippen molar-refractivity contribution in [3.8, 4) is 22.6 Å². The van der Waals surface area contributed by atoms with E-state index in [-0.39, 0.29) is 5.41 Å². The molecule has 0 saturated heterocycles. The summed E-state index contributed by atoms with van der Waals surface area (Å²) in [4.78, 5) is 0. The van der Waals surface area contributed by atoms with Gasteiger partial charge >= 0.3 is 0 Å². The highest BCUT2D eigenvalue weighted by Gasteiger charge is 2.68. The van der Waals surface area contributed by atoms with Crippen molar-refractivity contribution < 1.29 is 4.74 Å². The van der Waals surface area contributed by atoms with Crippen molar-refractivity contribution >= 4 is 0 Å². The summed E-state index contributed by atoms with van der Waals surface area (Å²) < 4.78 is 6.34. The van der Waals surface area contributed by atoms with E-state index in [0.717, 1.165) is 58.8 Å². The number of para-hydroxylation sites is 1. The molecule has 4 fully saturated rings. The van der Waals surface area contributed by atoms with Crippen LogP contribution in [0.25, 0.3) is 11.1 Å². The van der Waals surface area contributed by atoms with E-state index in [0.29, 0.717) is 0 Å². The smallest absolute Gasteiger partial charge is 0.127 e. The van der Waals surface area contributed by atoms with Crippen LogP contribution in [0.15, 0.2) is 84.9 Å². The molecule has 0 aliphatic heterocycles. The number of ether oxygens (including phenoxy) is 1. The number of fused-ring (bicyclic) bond motifs is 17. The van der Waals surface area contributed by atoms with Crippen LogP contribution in [-0.4, -0.2) is 0 Å². The maximum absolute atomic E-state index is 6.34. The molecule has 168 valence electrons. The molecule has 4 saturated carbocycles. The third-order valence-corrected chi connectivity index (χ3v) is 11.2. The van der Waals surface area contributed by atoms with Gasteiger partial charge in [-0.1, -0.05) is 60.7 Å². The van der Waals surface area contributed by atoms with Crippen LogP contribution in [0.4, 0.5) is 0 Å². The first-order valence-corrected chi connectivity index (χ1v) is 13.5. The van der Waals surface area contributed by atoms with Crippen LogP contribution in [0.1, 0.15) is 36.8 Å². The van der Waals surface area contributed by atoms with Gasteiger partial charge in [0.15, 0.2) is 0 Å². The average Bonchev–Trinajstić information content (AvgIpc) is 3.70. The Hall–Kier alpha value is -2.80. The summed E-state index contributed by atoms with van der Waals surface area (Å²) in [6.07, 6.45) is 10.9. The fourth-order valence-corrected chi connectivity index (χ4v) is 10.3. The second kappa shape index (κ2) is 6.25. The lowest BCUT2D eigenvalue weighted by atomic mass is 9.66. The second-order valence-corrected chi connectivity index (χ2v) is 12.2. The van der Waals surface area contributed by atoms with Gasteiger partial charge in [0.05, 0.1) is 0 Å². The minimum Gasteiger partial charge on any atom is -0.457 e. The molecule has 1 heteroatoms. The van der Waals surface area contributed by atoms with Gasteiger partial charge in [0.25, 0.3) is 0 Å². The topological polar surface area (TPSA) is 9.23 Å². The van der Waals surface area contributed by atoms with Crippen LogP contribution >= 0.6 is 0 Å². The predicted molar refractivity (Wildman–Crippen MR) is 135 cm³/mol. The Labute approximate surface area is 201 Å². The van der Waals surface area contributed by atoms with E-state index in [1.807, 2.05) is 18.2 Å². The molecule has 1 nitrogen and oxygen atoms in total. The zero-order valence-corrected chi connectivity index (χ0v) is 19.4. The lowest BCUT2D eigenvalue weighted by Crippen LogP contribution is -2.34. The van der Waals surface area contributed by atoms with Crippen LogP contribution in [0.3, 0.4) is 0 Å². The zero-order valence-electron chi connectivity index (χ0n) is 19.4. The molecule has 3 aromatic carbocycles. The zero-order chi connectivity index (χ0) is 22.0. The van der Waals surface area contributed by atoms with Crippen molar-refractivity contribution in [1.29, 1.82) is 0 Å². The third kappa shape index (κ3) is 2.14. The standard InChI is InChI=1S/C33H30O/c1-2-6-21(7-3-1)34-22-12-13-24-23-8-4-5-9-29(23)33(30(24)15-22)17-27-25-16-26(28(27)18-33)32-20-11-10-19(14-20)31(25)32/h1-13,15,19-20,25-28,31-32H,14,16-18H2. The molecule has 6 aliphatic carbocycles. The van der Waals surface area contributed by atoms with Crippen LogP contribution in [0.2, 0.25) is 0 Å². The van der Waals surface area contributed by atoms with E-state index >= 15 is 0 Å². The molecule has 3 aromatic rings. The van der Waals surface area contributed by atoms with Crippen molar-refractivity contribution in [1.82, 2.24) is 0 Å².